The largest absolute Gasteiger partial charge is 0.493 e. The van der Waals surface area contributed by atoms with E-state index >= 15 is 0 Å². The molecule has 1 N–H and O–H groups in total. The first kappa shape index (κ1) is 25.1. The van der Waals surface area contributed by atoms with E-state index in [1.54, 1.807) is 63.8 Å². The zero-order valence-corrected chi connectivity index (χ0v) is 20.6. The molecule has 0 heterocycles. The molecule has 180 valence electrons. The Morgan fingerprint density at radius 1 is 0.824 bits per heavy atom. The van der Waals surface area contributed by atoms with Crippen LogP contribution in [0.5, 0.6) is 28.7 Å². The first-order valence-corrected chi connectivity index (χ1v) is 10.9. The quantitative estimate of drug-likeness (QED) is 0.412. The van der Waals surface area contributed by atoms with Gasteiger partial charge in [0.25, 0.3) is 5.91 Å². The molecule has 0 aliphatic carbocycles. The molecule has 34 heavy (non-hydrogen) atoms. The van der Waals surface area contributed by atoms with Crippen molar-refractivity contribution in [3.8, 4) is 28.7 Å². The molecule has 1 unspecified atom stereocenters. The molecule has 8 heteroatoms. The molecule has 0 saturated heterocycles. The van der Waals surface area contributed by atoms with Crippen LogP contribution in [0.1, 0.15) is 34.5 Å². The number of methoxy groups -OCH3 is 4. The maximum Gasteiger partial charge on any atom is 0.251 e. The van der Waals surface area contributed by atoms with Gasteiger partial charge in [-0.2, -0.15) is 0 Å². The van der Waals surface area contributed by atoms with Crippen molar-refractivity contribution in [2.24, 2.45) is 0 Å². The molecule has 0 saturated carbocycles. The molecule has 7 nitrogen and oxygen atoms in total. The third-order valence-corrected chi connectivity index (χ3v) is 5.52. The molecule has 0 spiro atoms. The third-order valence-electron chi connectivity index (χ3n) is 5.27. The normalized spacial score (nSPS) is 11.4. The highest BCUT2D eigenvalue weighted by Crippen LogP contribution is 2.39. The van der Waals surface area contributed by atoms with E-state index in [4.69, 9.17) is 35.3 Å². The van der Waals surface area contributed by atoms with Crippen molar-refractivity contribution in [2.45, 2.75) is 19.6 Å². The summed E-state index contributed by atoms with van der Waals surface area (Å²) in [7, 11) is 6.17. The summed E-state index contributed by atoms with van der Waals surface area (Å²) in [5.74, 6) is 2.26. The second kappa shape index (κ2) is 11.5. The van der Waals surface area contributed by atoms with Gasteiger partial charge in [-0.1, -0.05) is 23.7 Å². The van der Waals surface area contributed by atoms with Crippen LogP contribution in [0.15, 0.2) is 54.6 Å². The summed E-state index contributed by atoms with van der Waals surface area (Å²) in [5.41, 5.74) is 2.21. The SMILES string of the molecule is COc1cc(C(=O)NC(C)c2cc(OC)c(OC)c(OC)c2)ccc1OCc1ccc(Cl)cc1. The Kier molecular flexibility index (Phi) is 8.49. The van der Waals surface area contributed by atoms with Gasteiger partial charge in [-0.15, -0.1) is 0 Å². The van der Waals surface area contributed by atoms with Gasteiger partial charge in [0.2, 0.25) is 5.75 Å². The smallest absolute Gasteiger partial charge is 0.251 e. The average Bonchev–Trinajstić information content (AvgIpc) is 2.87. The Bertz CT molecular complexity index is 1110. The molecule has 3 aromatic rings. The molecule has 1 amide bonds. The zero-order chi connectivity index (χ0) is 24.7. The number of benzene rings is 3. The molecule has 1 atom stereocenters. The molecule has 0 fully saturated rings. The van der Waals surface area contributed by atoms with Crippen molar-refractivity contribution < 1.29 is 28.5 Å². The Morgan fingerprint density at radius 3 is 2.00 bits per heavy atom. The lowest BCUT2D eigenvalue weighted by molar-refractivity contribution is 0.0939. The molecule has 0 bridgehead atoms. The summed E-state index contributed by atoms with van der Waals surface area (Å²) in [6.45, 7) is 2.22. The van der Waals surface area contributed by atoms with Gasteiger partial charge in [-0.25, -0.2) is 0 Å². The standard InChI is InChI=1S/C26H28ClNO6/c1-16(19-13-23(31-3)25(33-5)24(14-19)32-4)28-26(29)18-8-11-21(22(12-18)30-2)34-15-17-6-9-20(27)10-7-17/h6-14,16H,15H2,1-5H3,(H,28,29). The van der Waals surface area contributed by atoms with Crippen molar-refractivity contribution in [2.75, 3.05) is 28.4 Å². The van der Waals surface area contributed by atoms with Crippen molar-refractivity contribution in [3.05, 3.63) is 76.3 Å². The fourth-order valence-electron chi connectivity index (χ4n) is 3.38. The Labute approximate surface area is 204 Å². The van der Waals surface area contributed by atoms with E-state index in [0.29, 0.717) is 45.9 Å². The molecule has 3 rings (SSSR count). The van der Waals surface area contributed by atoms with E-state index in [1.807, 2.05) is 19.1 Å². The number of carbonyl (C=O) groups is 1. The van der Waals surface area contributed by atoms with Gasteiger partial charge in [0.1, 0.15) is 6.61 Å². The summed E-state index contributed by atoms with van der Waals surface area (Å²) in [4.78, 5) is 12.9. The average molecular weight is 486 g/mol. The summed E-state index contributed by atoms with van der Waals surface area (Å²) in [6, 6.07) is 15.7. The van der Waals surface area contributed by atoms with Crippen LogP contribution in [-0.2, 0) is 6.61 Å². The lowest BCUT2D eigenvalue weighted by Gasteiger charge is -2.19. The summed E-state index contributed by atoms with van der Waals surface area (Å²) in [5, 5.41) is 3.65. The van der Waals surface area contributed by atoms with E-state index in [9.17, 15) is 4.79 Å². The first-order chi connectivity index (χ1) is 16.4. The molecule has 0 aliphatic heterocycles. The predicted octanol–water partition coefficient (Wildman–Crippen LogP) is 5.44. The molecule has 0 radical (unpaired) electrons. The minimum Gasteiger partial charge on any atom is -0.493 e. The maximum atomic E-state index is 12.9. The molecule has 3 aromatic carbocycles. The molecular formula is C26H28ClNO6. The van der Waals surface area contributed by atoms with E-state index in [1.165, 1.54) is 7.11 Å². The number of amides is 1. The second-order valence-corrected chi connectivity index (χ2v) is 7.87. The molecule has 0 aliphatic rings. The number of hydrogen-bond donors (Lipinski definition) is 1. The first-order valence-electron chi connectivity index (χ1n) is 10.6. The molecular weight excluding hydrogens is 458 g/mol. The van der Waals surface area contributed by atoms with Gasteiger partial charge in [0, 0.05) is 10.6 Å². The Balaban J connectivity index is 1.73. The highest BCUT2D eigenvalue weighted by atomic mass is 35.5. The number of ether oxygens (including phenoxy) is 5. The van der Waals surface area contributed by atoms with Gasteiger partial charge < -0.3 is 29.0 Å². The summed E-state index contributed by atoms with van der Waals surface area (Å²) < 4.78 is 27.5. The van der Waals surface area contributed by atoms with Crippen molar-refractivity contribution in [3.63, 3.8) is 0 Å². The van der Waals surface area contributed by atoms with Crippen LogP contribution in [0.2, 0.25) is 5.02 Å². The van der Waals surface area contributed by atoms with Crippen LogP contribution in [0.25, 0.3) is 0 Å². The van der Waals surface area contributed by atoms with Crippen LogP contribution in [-0.4, -0.2) is 34.3 Å². The number of hydrogen-bond acceptors (Lipinski definition) is 6. The number of carbonyl (C=O) groups excluding carboxylic acids is 1. The van der Waals surface area contributed by atoms with Crippen molar-refractivity contribution in [1.82, 2.24) is 5.32 Å². The van der Waals surface area contributed by atoms with Gasteiger partial charge in [-0.3, -0.25) is 4.79 Å². The Hall–Kier alpha value is -3.58. The minimum atomic E-state index is -0.326. The summed E-state index contributed by atoms with van der Waals surface area (Å²) >= 11 is 5.93. The minimum absolute atomic E-state index is 0.260. The number of halogens is 1. The highest BCUT2D eigenvalue weighted by Gasteiger charge is 2.19. The Morgan fingerprint density at radius 2 is 1.44 bits per heavy atom. The van der Waals surface area contributed by atoms with Crippen LogP contribution in [0.4, 0.5) is 0 Å². The van der Waals surface area contributed by atoms with E-state index in [2.05, 4.69) is 5.32 Å². The fourth-order valence-corrected chi connectivity index (χ4v) is 3.51. The topological polar surface area (TPSA) is 75.3 Å². The van der Waals surface area contributed by atoms with Crippen LogP contribution < -0.4 is 29.0 Å². The van der Waals surface area contributed by atoms with E-state index in [0.717, 1.165) is 11.1 Å². The van der Waals surface area contributed by atoms with Crippen LogP contribution in [0.3, 0.4) is 0 Å². The lowest BCUT2D eigenvalue weighted by atomic mass is 10.1. The van der Waals surface area contributed by atoms with Crippen LogP contribution >= 0.6 is 11.6 Å². The van der Waals surface area contributed by atoms with Crippen molar-refractivity contribution >= 4 is 17.5 Å². The molecule has 0 aromatic heterocycles. The second-order valence-electron chi connectivity index (χ2n) is 7.43. The van der Waals surface area contributed by atoms with Gasteiger partial charge >= 0.3 is 0 Å². The monoisotopic (exact) mass is 485 g/mol. The predicted molar refractivity (Wildman–Crippen MR) is 131 cm³/mol. The maximum absolute atomic E-state index is 12.9. The fraction of sp³-hybridized carbons (Fsp3) is 0.269. The van der Waals surface area contributed by atoms with Gasteiger partial charge in [0.05, 0.1) is 34.5 Å². The van der Waals surface area contributed by atoms with Gasteiger partial charge in [0.15, 0.2) is 23.0 Å². The van der Waals surface area contributed by atoms with Crippen molar-refractivity contribution in [1.29, 1.82) is 0 Å². The zero-order valence-electron chi connectivity index (χ0n) is 19.8. The number of nitrogens with one attached hydrogen (secondary N) is 1. The lowest BCUT2D eigenvalue weighted by Crippen LogP contribution is -2.26. The third kappa shape index (κ3) is 5.85. The summed E-state index contributed by atoms with van der Waals surface area (Å²) in [6.07, 6.45) is 0. The van der Waals surface area contributed by atoms with E-state index in [-0.39, 0.29) is 11.9 Å². The van der Waals surface area contributed by atoms with E-state index < -0.39 is 0 Å². The highest BCUT2D eigenvalue weighted by molar-refractivity contribution is 6.30. The van der Waals surface area contributed by atoms with Crippen LogP contribution in [0, 0.1) is 0 Å². The number of rotatable bonds is 10. The van der Waals surface area contributed by atoms with Gasteiger partial charge in [-0.05, 0) is 60.5 Å².